The second-order valence-corrected chi connectivity index (χ2v) is 12.2. The van der Waals surface area contributed by atoms with Crippen molar-refractivity contribution in [3.8, 4) is 11.3 Å². The lowest BCUT2D eigenvalue weighted by Crippen LogP contribution is -2.27. The standard InChI is InChI=1S/C26H29N3O3S2/c1-26(2,3)21-11-6-19(7-12-21)8-15-24(30)28-25-27-23(18-33-25)20-9-13-22(14-10-20)34(31,32)29-16-4-5-17-29/h6-15,18H,4-5,16-17H2,1-3H3,(H,27,28,30). The molecule has 178 valence electrons. The first-order chi connectivity index (χ1) is 16.1. The monoisotopic (exact) mass is 495 g/mol. The summed E-state index contributed by atoms with van der Waals surface area (Å²) in [5, 5.41) is 5.12. The Morgan fingerprint density at radius 1 is 1.03 bits per heavy atom. The van der Waals surface area contributed by atoms with Gasteiger partial charge in [-0.1, -0.05) is 57.2 Å². The van der Waals surface area contributed by atoms with Crippen molar-refractivity contribution < 1.29 is 13.2 Å². The minimum absolute atomic E-state index is 0.0879. The van der Waals surface area contributed by atoms with Gasteiger partial charge in [-0.3, -0.25) is 10.1 Å². The van der Waals surface area contributed by atoms with Gasteiger partial charge in [0.2, 0.25) is 15.9 Å². The summed E-state index contributed by atoms with van der Waals surface area (Å²) in [7, 11) is -3.44. The van der Waals surface area contributed by atoms with E-state index in [1.54, 1.807) is 30.3 Å². The van der Waals surface area contributed by atoms with Gasteiger partial charge in [-0.25, -0.2) is 13.4 Å². The molecular weight excluding hydrogens is 466 g/mol. The first kappa shape index (κ1) is 24.3. The van der Waals surface area contributed by atoms with E-state index in [1.807, 2.05) is 17.5 Å². The molecule has 3 aromatic rings. The third kappa shape index (κ3) is 5.63. The van der Waals surface area contributed by atoms with E-state index in [0.29, 0.717) is 28.8 Å². The van der Waals surface area contributed by atoms with Crippen LogP contribution < -0.4 is 5.32 Å². The number of anilines is 1. The van der Waals surface area contributed by atoms with Crippen LogP contribution in [0.5, 0.6) is 0 Å². The van der Waals surface area contributed by atoms with Gasteiger partial charge in [0, 0.05) is 30.1 Å². The predicted octanol–water partition coefficient (Wildman–Crippen LogP) is 5.54. The first-order valence-corrected chi connectivity index (χ1v) is 13.6. The van der Waals surface area contributed by atoms with E-state index in [9.17, 15) is 13.2 Å². The third-order valence-corrected chi connectivity index (χ3v) is 8.46. The molecule has 2 heterocycles. The first-order valence-electron chi connectivity index (χ1n) is 11.3. The maximum atomic E-state index is 12.7. The molecule has 1 amide bonds. The summed E-state index contributed by atoms with van der Waals surface area (Å²) >= 11 is 1.33. The molecule has 0 unspecified atom stereocenters. The second kappa shape index (κ2) is 9.82. The third-order valence-electron chi connectivity index (χ3n) is 5.79. The van der Waals surface area contributed by atoms with Gasteiger partial charge in [0.15, 0.2) is 5.13 Å². The van der Waals surface area contributed by atoms with Crippen molar-refractivity contribution in [3.63, 3.8) is 0 Å². The van der Waals surface area contributed by atoms with Crippen LogP contribution in [0.15, 0.2) is 64.9 Å². The highest BCUT2D eigenvalue weighted by molar-refractivity contribution is 7.89. The molecule has 34 heavy (non-hydrogen) atoms. The van der Waals surface area contributed by atoms with Crippen LogP contribution in [0.3, 0.4) is 0 Å². The molecular formula is C26H29N3O3S2. The number of amides is 1. The minimum Gasteiger partial charge on any atom is -0.298 e. The lowest BCUT2D eigenvalue weighted by atomic mass is 9.87. The summed E-state index contributed by atoms with van der Waals surface area (Å²) in [4.78, 5) is 17.1. The van der Waals surface area contributed by atoms with Gasteiger partial charge < -0.3 is 0 Å². The average molecular weight is 496 g/mol. The zero-order valence-corrected chi connectivity index (χ0v) is 21.2. The van der Waals surface area contributed by atoms with E-state index in [0.717, 1.165) is 24.0 Å². The summed E-state index contributed by atoms with van der Waals surface area (Å²) in [5.74, 6) is -0.257. The fourth-order valence-electron chi connectivity index (χ4n) is 3.75. The van der Waals surface area contributed by atoms with E-state index < -0.39 is 10.0 Å². The number of carbonyl (C=O) groups is 1. The van der Waals surface area contributed by atoms with Crippen LogP contribution in [0.2, 0.25) is 0 Å². The Kier molecular flexibility index (Phi) is 7.02. The van der Waals surface area contributed by atoms with Crippen LogP contribution >= 0.6 is 11.3 Å². The van der Waals surface area contributed by atoms with Crippen LogP contribution in [0.4, 0.5) is 5.13 Å². The lowest BCUT2D eigenvalue weighted by Gasteiger charge is -2.18. The molecule has 1 fully saturated rings. The highest BCUT2D eigenvalue weighted by atomic mass is 32.2. The zero-order chi connectivity index (χ0) is 24.3. The smallest absolute Gasteiger partial charge is 0.250 e. The number of nitrogens with zero attached hydrogens (tertiary/aromatic N) is 2. The molecule has 0 saturated carbocycles. The molecule has 0 radical (unpaired) electrons. The molecule has 1 saturated heterocycles. The van der Waals surface area contributed by atoms with E-state index >= 15 is 0 Å². The number of rotatable bonds is 6. The number of nitrogens with one attached hydrogen (secondary N) is 1. The predicted molar refractivity (Wildman–Crippen MR) is 138 cm³/mol. The van der Waals surface area contributed by atoms with E-state index in [2.05, 4.69) is 43.2 Å². The molecule has 1 N–H and O–H groups in total. The average Bonchev–Trinajstić information content (AvgIpc) is 3.50. The molecule has 1 aromatic heterocycles. The number of aromatic nitrogens is 1. The Balaban J connectivity index is 1.38. The van der Waals surface area contributed by atoms with Crippen molar-refractivity contribution in [1.29, 1.82) is 0 Å². The molecule has 0 bridgehead atoms. The van der Waals surface area contributed by atoms with Crippen LogP contribution in [-0.4, -0.2) is 36.7 Å². The van der Waals surface area contributed by atoms with Gasteiger partial charge in [0.05, 0.1) is 10.6 Å². The maximum Gasteiger partial charge on any atom is 0.250 e. The SMILES string of the molecule is CC(C)(C)c1ccc(C=CC(=O)Nc2nc(-c3ccc(S(=O)(=O)N4CCCC4)cc3)cs2)cc1. The molecule has 0 atom stereocenters. The second-order valence-electron chi connectivity index (χ2n) is 9.37. The molecule has 8 heteroatoms. The summed E-state index contributed by atoms with van der Waals surface area (Å²) in [5.41, 5.74) is 3.77. The number of benzene rings is 2. The Bertz CT molecular complexity index is 1280. The summed E-state index contributed by atoms with van der Waals surface area (Å²) < 4.78 is 26.9. The minimum atomic E-state index is -3.44. The number of carbonyl (C=O) groups excluding carboxylic acids is 1. The fraction of sp³-hybridized carbons (Fsp3) is 0.308. The molecule has 0 aliphatic carbocycles. The number of thiazole rings is 1. The number of sulfonamides is 1. The van der Waals surface area contributed by atoms with Crippen molar-refractivity contribution in [2.45, 2.75) is 43.9 Å². The summed E-state index contributed by atoms with van der Waals surface area (Å²) in [6, 6.07) is 14.9. The van der Waals surface area contributed by atoms with Gasteiger partial charge in [-0.2, -0.15) is 4.31 Å². The molecule has 0 spiro atoms. The highest BCUT2D eigenvalue weighted by Crippen LogP contribution is 2.28. The van der Waals surface area contributed by atoms with Crippen molar-refractivity contribution in [3.05, 3.63) is 71.1 Å². The topological polar surface area (TPSA) is 79.4 Å². The molecule has 6 nitrogen and oxygen atoms in total. The Morgan fingerprint density at radius 3 is 2.29 bits per heavy atom. The van der Waals surface area contributed by atoms with Crippen LogP contribution in [0.1, 0.15) is 44.7 Å². The fourth-order valence-corrected chi connectivity index (χ4v) is 5.99. The normalized spacial score (nSPS) is 15.1. The number of hydrogen-bond donors (Lipinski definition) is 1. The highest BCUT2D eigenvalue weighted by Gasteiger charge is 2.27. The van der Waals surface area contributed by atoms with Crippen LogP contribution in [-0.2, 0) is 20.2 Å². The van der Waals surface area contributed by atoms with Crippen molar-refractivity contribution >= 4 is 38.5 Å². The largest absolute Gasteiger partial charge is 0.298 e. The van der Waals surface area contributed by atoms with Gasteiger partial charge in [0.25, 0.3) is 0 Å². The van der Waals surface area contributed by atoms with Crippen molar-refractivity contribution in [2.24, 2.45) is 0 Å². The summed E-state index contributed by atoms with van der Waals surface area (Å²) in [6.07, 6.45) is 5.08. The maximum absolute atomic E-state index is 12.7. The summed E-state index contributed by atoms with van der Waals surface area (Å²) in [6.45, 7) is 7.65. The van der Waals surface area contributed by atoms with Crippen LogP contribution in [0, 0.1) is 0 Å². The van der Waals surface area contributed by atoms with Gasteiger partial charge in [-0.15, -0.1) is 11.3 Å². The van der Waals surface area contributed by atoms with Gasteiger partial charge >= 0.3 is 0 Å². The molecule has 2 aromatic carbocycles. The lowest BCUT2D eigenvalue weighted by molar-refractivity contribution is -0.111. The van der Waals surface area contributed by atoms with Gasteiger partial charge in [0.1, 0.15) is 0 Å². The molecule has 1 aliphatic heterocycles. The Hall–Kier alpha value is -2.81. The quantitative estimate of drug-likeness (QED) is 0.455. The van der Waals surface area contributed by atoms with E-state index in [4.69, 9.17) is 0 Å². The van der Waals surface area contributed by atoms with Gasteiger partial charge in [-0.05, 0) is 47.6 Å². The van der Waals surface area contributed by atoms with Crippen LogP contribution in [0.25, 0.3) is 17.3 Å². The van der Waals surface area contributed by atoms with E-state index in [-0.39, 0.29) is 11.3 Å². The molecule has 4 rings (SSSR count). The zero-order valence-electron chi connectivity index (χ0n) is 19.6. The van der Waals surface area contributed by atoms with Crippen molar-refractivity contribution in [1.82, 2.24) is 9.29 Å². The van der Waals surface area contributed by atoms with E-state index in [1.165, 1.54) is 27.3 Å². The molecule has 1 aliphatic rings. The Labute approximate surface area is 205 Å². The Morgan fingerprint density at radius 2 is 1.68 bits per heavy atom. The number of hydrogen-bond acceptors (Lipinski definition) is 5. The van der Waals surface area contributed by atoms with Crippen molar-refractivity contribution in [2.75, 3.05) is 18.4 Å².